The van der Waals surface area contributed by atoms with Crippen molar-refractivity contribution in [2.24, 2.45) is 0 Å². The number of para-hydroxylation sites is 1. The summed E-state index contributed by atoms with van der Waals surface area (Å²) in [5.74, 6) is -2.08. The first kappa shape index (κ1) is 17.8. The lowest BCUT2D eigenvalue weighted by atomic mass is 9.94. The maximum atomic E-state index is 12.5. The molecule has 7 nitrogen and oxygen atoms in total. The molecule has 0 saturated carbocycles. The molecule has 0 bridgehead atoms. The third-order valence-electron chi connectivity index (χ3n) is 4.22. The average molecular weight is 417 g/mol. The van der Waals surface area contributed by atoms with E-state index in [0.29, 0.717) is 5.56 Å². The molecule has 0 unspecified atom stereocenters. The number of ketones is 1. The zero-order chi connectivity index (χ0) is 19.0. The highest BCUT2D eigenvalue weighted by molar-refractivity contribution is 9.10. The number of aliphatic hydroxyl groups excluding tert-OH is 1. The van der Waals surface area contributed by atoms with E-state index in [-0.39, 0.29) is 22.6 Å². The summed E-state index contributed by atoms with van der Waals surface area (Å²) in [6.07, 6.45) is 0. The molecule has 0 radical (unpaired) electrons. The smallest absolute Gasteiger partial charge is 0.295 e. The predicted molar refractivity (Wildman–Crippen MR) is 97.3 cm³/mol. The summed E-state index contributed by atoms with van der Waals surface area (Å²) in [5, 5.41) is 22.0. The quantitative estimate of drug-likeness (QED) is 0.271. The van der Waals surface area contributed by atoms with Crippen LogP contribution in [0, 0.1) is 10.1 Å². The molecule has 1 atom stereocenters. The fraction of sp³-hybridized carbons (Fsp3) is 0.111. The molecule has 1 amide bonds. The van der Waals surface area contributed by atoms with Crippen LogP contribution in [0.5, 0.6) is 0 Å². The molecular formula is C18H13BrN2O5. The minimum absolute atomic E-state index is 0.165. The Morgan fingerprint density at radius 2 is 1.77 bits per heavy atom. The molecule has 2 aromatic carbocycles. The van der Waals surface area contributed by atoms with E-state index in [1.165, 1.54) is 25.2 Å². The Labute approximate surface area is 156 Å². The summed E-state index contributed by atoms with van der Waals surface area (Å²) in [5.41, 5.74) is 0.100. The van der Waals surface area contributed by atoms with Crippen LogP contribution in [0.15, 0.2) is 58.6 Å². The van der Waals surface area contributed by atoms with Gasteiger partial charge >= 0.3 is 0 Å². The predicted octanol–water partition coefficient (Wildman–Crippen LogP) is 3.41. The van der Waals surface area contributed by atoms with Crippen molar-refractivity contribution in [2.75, 3.05) is 7.05 Å². The van der Waals surface area contributed by atoms with E-state index in [9.17, 15) is 24.8 Å². The zero-order valence-corrected chi connectivity index (χ0v) is 15.1. The summed E-state index contributed by atoms with van der Waals surface area (Å²) in [6, 6.07) is 11.3. The molecule has 26 heavy (non-hydrogen) atoms. The Hall–Kier alpha value is -3.00. The number of amides is 1. The summed E-state index contributed by atoms with van der Waals surface area (Å²) in [4.78, 5) is 36.6. The standard InChI is InChI=1S/C18H13BrN2O5/c1-20-15(12-4-2-3-5-13(12)21(25)26)14(17(23)18(20)24)16(22)10-6-8-11(19)9-7-10/h2-9,15,22H,1H3/b16-14+/t15-/m0/s1. The minimum atomic E-state index is -1.04. The summed E-state index contributed by atoms with van der Waals surface area (Å²) >= 11 is 3.28. The van der Waals surface area contributed by atoms with Crippen LogP contribution in [0.2, 0.25) is 0 Å². The molecular weight excluding hydrogens is 404 g/mol. The largest absolute Gasteiger partial charge is 0.507 e. The van der Waals surface area contributed by atoms with Gasteiger partial charge in [0.25, 0.3) is 17.4 Å². The zero-order valence-electron chi connectivity index (χ0n) is 13.5. The maximum Gasteiger partial charge on any atom is 0.295 e. The highest BCUT2D eigenvalue weighted by Gasteiger charge is 2.46. The van der Waals surface area contributed by atoms with Crippen molar-refractivity contribution in [2.45, 2.75) is 6.04 Å². The van der Waals surface area contributed by atoms with Crippen LogP contribution >= 0.6 is 15.9 Å². The summed E-state index contributed by atoms with van der Waals surface area (Å²) < 4.78 is 0.778. The highest BCUT2D eigenvalue weighted by Crippen LogP contribution is 2.41. The van der Waals surface area contributed by atoms with Gasteiger partial charge in [0.05, 0.1) is 22.1 Å². The van der Waals surface area contributed by atoms with Crippen LogP contribution in [0.3, 0.4) is 0 Å². The van der Waals surface area contributed by atoms with Gasteiger partial charge in [0.2, 0.25) is 0 Å². The second-order valence-corrected chi connectivity index (χ2v) is 6.65. The first-order valence-electron chi connectivity index (χ1n) is 7.56. The Bertz CT molecular complexity index is 952. The minimum Gasteiger partial charge on any atom is -0.507 e. The number of likely N-dealkylation sites (N-methyl/N-ethyl adjacent to an activating group) is 1. The van der Waals surface area contributed by atoms with E-state index in [1.807, 2.05) is 0 Å². The third-order valence-corrected chi connectivity index (χ3v) is 4.75. The van der Waals surface area contributed by atoms with Crippen LogP contribution in [0.1, 0.15) is 17.2 Å². The lowest BCUT2D eigenvalue weighted by molar-refractivity contribution is -0.385. The molecule has 1 fully saturated rings. The Balaban J connectivity index is 2.24. The van der Waals surface area contributed by atoms with Crippen molar-refractivity contribution >= 4 is 39.1 Å². The lowest BCUT2D eigenvalue weighted by Crippen LogP contribution is -2.25. The van der Waals surface area contributed by atoms with Crippen molar-refractivity contribution in [1.82, 2.24) is 4.90 Å². The van der Waals surface area contributed by atoms with E-state index in [1.54, 1.807) is 30.3 Å². The monoisotopic (exact) mass is 416 g/mol. The van der Waals surface area contributed by atoms with Gasteiger partial charge in [-0.1, -0.05) is 40.2 Å². The second-order valence-electron chi connectivity index (χ2n) is 5.73. The number of carbonyl (C=O) groups is 2. The number of nitro groups is 1. The number of likely N-dealkylation sites (tertiary alicyclic amines) is 1. The number of nitrogens with zero attached hydrogens (tertiary/aromatic N) is 2. The molecule has 2 aromatic rings. The van der Waals surface area contributed by atoms with Gasteiger partial charge in [-0.15, -0.1) is 0 Å². The van der Waals surface area contributed by atoms with Crippen LogP contribution < -0.4 is 0 Å². The van der Waals surface area contributed by atoms with Crippen molar-refractivity contribution in [3.8, 4) is 0 Å². The number of Topliss-reactive ketones (excluding diaryl/α,β-unsaturated/α-hetero) is 1. The molecule has 0 spiro atoms. The first-order chi connectivity index (χ1) is 12.3. The summed E-state index contributed by atoms with van der Waals surface area (Å²) in [7, 11) is 1.38. The highest BCUT2D eigenvalue weighted by atomic mass is 79.9. The third kappa shape index (κ3) is 2.88. The van der Waals surface area contributed by atoms with Gasteiger partial charge < -0.3 is 10.0 Å². The number of hydrogen-bond donors (Lipinski definition) is 1. The van der Waals surface area contributed by atoms with Crippen molar-refractivity contribution in [3.63, 3.8) is 0 Å². The van der Waals surface area contributed by atoms with Crippen molar-refractivity contribution in [3.05, 3.63) is 79.8 Å². The normalized spacial score (nSPS) is 19.0. The fourth-order valence-electron chi connectivity index (χ4n) is 2.96. The molecule has 1 aliphatic heterocycles. The average Bonchev–Trinajstić information content (AvgIpc) is 2.85. The Morgan fingerprint density at radius 3 is 2.38 bits per heavy atom. The van der Waals surface area contributed by atoms with E-state index >= 15 is 0 Å². The number of halogens is 1. The molecule has 3 rings (SSSR count). The van der Waals surface area contributed by atoms with Gasteiger partial charge in [0.15, 0.2) is 0 Å². The number of nitro benzene ring substituents is 1. The second kappa shape index (κ2) is 6.72. The molecule has 8 heteroatoms. The van der Waals surface area contributed by atoms with E-state index < -0.39 is 22.7 Å². The molecule has 1 heterocycles. The number of rotatable bonds is 3. The number of carbonyl (C=O) groups excluding carboxylic acids is 2. The number of benzene rings is 2. The first-order valence-corrected chi connectivity index (χ1v) is 8.36. The van der Waals surface area contributed by atoms with Crippen molar-refractivity contribution in [1.29, 1.82) is 0 Å². The van der Waals surface area contributed by atoms with Crippen LogP contribution in [-0.4, -0.2) is 33.7 Å². The SMILES string of the molecule is CN1C(=O)C(=O)/C(=C(/O)c2ccc(Br)cc2)[C@@H]1c1ccccc1[N+](=O)[O-]. The molecule has 0 aromatic heterocycles. The molecule has 132 valence electrons. The molecule has 0 aliphatic carbocycles. The maximum absolute atomic E-state index is 12.5. The molecule has 1 saturated heterocycles. The Kier molecular flexibility index (Phi) is 4.60. The van der Waals surface area contributed by atoms with E-state index in [2.05, 4.69) is 15.9 Å². The van der Waals surface area contributed by atoms with Gasteiger partial charge in [-0.25, -0.2) is 0 Å². The topological polar surface area (TPSA) is 101 Å². The van der Waals surface area contributed by atoms with Gasteiger partial charge in [-0.3, -0.25) is 19.7 Å². The van der Waals surface area contributed by atoms with Gasteiger partial charge in [0.1, 0.15) is 5.76 Å². The fourth-order valence-corrected chi connectivity index (χ4v) is 3.22. The number of aliphatic hydroxyl groups is 1. The summed E-state index contributed by atoms with van der Waals surface area (Å²) in [6.45, 7) is 0. The lowest BCUT2D eigenvalue weighted by Gasteiger charge is -2.20. The van der Waals surface area contributed by atoms with Gasteiger partial charge in [0, 0.05) is 23.2 Å². The van der Waals surface area contributed by atoms with Crippen LogP contribution in [0.25, 0.3) is 5.76 Å². The molecule has 1 N–H and O–H groups in total. The molecule has 1 aliphatic rings. The van der Waals surface area contributed by atoms with Gasteiger partial charge in [-0.05, 0) is 18.2 Å². The van der Waals surface area contributed by atoms with Gasteiger partial charge in [-0.2, -0.15) is 0 Å². The van der Waals surface area contributed by atoms with Crippen LogP contribution in [0.4, 0.5) is 5.69 Å². The Morgan fingerprint density at radius 1 is 1.15 bits per heavy atom. The van der Waals surface area contributed by atoms with Crippen molar-refractivity contribution < 1.29 is 19.6 Å². The van der Waals surface area contributed by atoms with E-state index in [0.717, 1.165) is 9.37 Å². The van der Waals surface area contributed by atoms with E-state index in [4.69, 9.17) is 0 Å². The number of hydrogen-bond acceptors (Lipinski definition) is 5. The van der Waals surface area contributed by atoms with Crippen LogP contribution in [-0.2, 0) is 9.59 Å².